The number of hydrogen-bond donors (Lipinski definition) is 2. The third-order valence-electron chi connectivity index (χ3n) is 3.95. The molecule has 0 saturated heterocycles. The molecule has 2 aromatic carbocycles. The maximum absolute atomic E-state index is 13.6. The number of aliphatic hydroxyl groups is 1. The molecule has 0 saturated carbocycles. The van der Waals surface area contributed by atoms with Crippen LogP contribution in [0.4, 0.5) is 16.0 Å². The van der Waals surface area contributed by atoms with Gasteiger partial charge in [-0.25, -0.2) is 8.91 Å². The molecule has 2 aromatic heterocycles. The van der Waals surface area contributed by atoms with E-state index >= 15 is 0 Å². The van der Waals surface area contributed by atoms with Gasteiger partial charge in [-0.3, -0.25) is 0 Å². The first-order chi connectivity index (χ1) is 13.2. The molecule has 0 atom stereocenters. The number of anilines is 2. The number of aromatic nitrogens is 3. The molecule has 0 aliphatic heterocycles. The van der Waals surface area contributed by atoms with Crippen molar-refractivity contribution < 1.29 is 14.2 Å². The molecule has 0 bridgehead atoms. The van der Waals surface area contributed by atoms with Crippen LogP contribution in [0.25, 0.3) is 16.9 Å². The van der Waals surface area contributed by atoms with Crippen molar-refractivity contribution in [3.63, 3.8) is 0 Å². The van der Waals surface area contributed by atoms with Crippen LogP contribution >= 0.6 is 0 Å². The molecule has 0 aliphatic rings. The summed E-state index contributed by atoms with van der Waals surface area (Å²) in [4.78, 5) is 4.47. The van der Waals surface area contributed by atoms with Gasteiger partial charge < -0.3 is 15.2 Å². The Hall–Kier alpha value is -3.45. The Morgan fingerprint density at radius 3 is 2.63 bits per heavy atom. The Balaban J connectivity index is 1.61. The summed E-state index contributed by atoms with van der Waals surface area (Å²) in [5.41, 5.74) is 2.93. The summed E-state index contributed by atoms with van der Waals surface area (Å²) in [6, 6.07) is 19.2. The molecular formula is C20H17FN4O2. The zero-order valence-electron chi connectivity index (χ0n) is 14.3. The molecule has 4 aromatic rings. The summed E-state index contributed by atoms with van der Waals surface area (Å²) < 4.78 is 20.6. The van der Waals surface area contributed by atoms with Crippen LogP contribution in [0, 0.1) is 5.82 Å². The van der Waals surface area contributed by atoms with Crippen LogP contribution in [-0.4, -0.2) is 32.9 Å². The first-order valence-corrected chi connectivity index (χ1v) is 8.45. The minimum Gasteiger partial charge on any atom is -0.491 e. The summed E-state index contributed by atoms with van der Waals surface area (Å²) in [7, 11) is 0. The summed E-state index contributed by atoms with van der Waals surface area (Å²) in [6.07, 6.45) is 0. The molecule has 0 fully saturated rings. The maximum atomic E-state index is 13.6. The molecule has 4 rings (SSSR count). The summed E-state index contributed by atoms with van der Waals surface area (Å²) in [6.45, 7) is 0.225. The van der Waals surface area contributed by atoms with E-state index in [1.165, 1.54) is 12.1 Å². The number of fused-ring (bicyclic) bond motifs is 1. The van der Waals surface area contributed by atoms with Gasteiger partial charge in [0, 0.05) is 11.3 Å². The molecule has 0 spiro atoms. The van der Waals surface area contributed by atoms with Crippen molar-refractivity contribution in [2.45, 2.75) is 0 Å². The van der Waals surface area contributed by atoms with Crippen LogP contribution in [0.5, 0.6) is 5.75 Å². The Labute approximate surface area is 154 Å². The quantitative estimate of drug-likeness (QED) is 0.546. The monoisotopic (exact) mass is 364 g/mol. The highest BCUT2D eigenvalue weighted by atomic mass is 19.1. The number of hydrogen-bond acceptors (Lipinski definition) is 5. The van der Waals surface area contributed by atoms with Gasteiger partial charge in [0.15, 0.2) is 5.65 Å². The zero-order valence-corrected chi connectivity index (χ0v) is 14.3. The number of aliphatic hydroxyl groups excluding tert-OH is 1. The van der Waals surface area contributed by atoms with E-state index in [2.05, 4.69) is 15.4 Å². The second-order valence-corrected chi connectivity index (χ2v) is 5.85. The third kappa shape index (κ3) is 3.73. The number of pyridine rings is 1. The summed E-state index contributed by atoms with van der Waals surface area (Å²) >= 11 is 0. The van der Waals surface area contributed by atoms with Crippen LogP contribution in [0.1, 0.15) is 0 Å². The fourth-order valence-corrected chi connectivity index (χ4v) is 2.75. The molecule has 136 valence electrons. The molecule has 2 heterocycles. The fraction of sp³-hybridized carbons (Fsp3) is 0.100. The van der Waals surface area contributed by atoms with Crippen LogP contribution in [0.2, 0.25) is 0 Å². The Morgan fingerprint density at radius 2 is 1.85 bits per heavy atom. The van der Waals surface area contributed by atoms with E-state index < -0.39 is 0 Å². The Morgan fingerprint density at radius 1 is 1.04 bits per heavy atom. The minimum atomic E-state index is -0.300. The van der Waals surface area contributed by atoms with E-state index in [-0.39, 0.29) is 19.0 Å². The molecular weight excluding hydrogens is 347 g/mol. The largest absolute Gasteiger partial charge is 0.491 e. The lowest BCUT2D eigenvalue weighted by Crippen LogP contribution is -2.01. The van der Waals surface area contributed by atoms with E-state index in [9.17, 15) is 4.39 Å². The van der Waals surface area contributed by atoms with Gasteiger partial charge in [-0.2, -0.15) is 4.98 Å². The Bertz CT molecular complexity index is 1060. The number of ether oxygens (including phenoxy) is 1. The van der Waals surface area contributed by atoms with Gasteiger partial charge in [0.2, 0.25) is 5.95 Å². The van der Waals surface area contributed by atoms with Crippen molar-refractivity contribution in [3.8, 4) is 17.0 Å². The minimum absolute atomic E-state index is 0.0290. The molecule has 6 nitrogen and oxygen atoms in total. The number of rotatable bonds is 6. The van der Waals surface area contributed by atoms with Crippen molar-refractivity contribution in [3.05, 3.63) is 72.5 Å². The molecule has 0 unspecified atom stereocenters. The van der Waals surface area contributed by atoms with Crippen LogP contribution in [0.15, 0.2) is 66.7 Å². The second kappa shape index (κ2) is 7.43. The van der Waals surface area contributed by atoms with Crippen molar-refractivity contribution in [1.82, 2.24) is 14.6 Å². The predicted octanol–water partition coefficient (Wildman–Crippen LogP) is 3.65. The number of nitrogens with one attached hydrogen (secondary N) is 1. The highest BCUT2D eigenvalue weighted by molar-refractivity contribution is 5.64. The molecule has 2 N–H and O–H groups in total. The van der Waals surface area contributed by atoms with Gasteiger partial charge >= 0.3 is 0 Å². The van der Waals surface area contributed by atoms with E-state index in [1.807, 2.05) is 36.4 Å². The SMILES string of the molecule is OCCOc1ccc(Nc2nc3cccc(-c4cccc(F)c4)n3n2)cc1. The van der Waals surface area contributed by atoms with Gasteiger partial charge in [0.25, 0.3) is 0 Å². The lowest BCUT2D eigenvalue weighted by atomic mass is 10.1. The normalized spacial score (nSPS) is 10.9. The molecule has 7 heteroatoms. The van der Waals surface area contributed by atoms with Crippen molar-refractivity contribution in [2.24, 2.45) is 0 Å². The van der Waals surface area contributed by atoms with Crippen molar-refractivity contribution >= 4 is 17.3 Å². The second-order valence-electron chi connectivity index (χ2n) is 5.85. The molecule has 0 amide bonds. The lowest BCUT2D eigenvalue weighted by molar-refractivity contribution is 0.201. The molecule has 0 radical (unpaired) electrons. The number of nitrogens with zero attached hydrogens (tertiary/aromatic N) is 3. The van der Waals surface area contributed by atoms with E-state index in [0.717, 1.165) is 16.9 Å². The molecule has 0 aliphatic carbocycles. The smallest absolute Gasteiger partial charge is 0.247 e. The van der Waals surface area contributed by atoms with Gasteiger partial charge in [-0.15, -0.1) is 5.10 Å². The van der Waals surface area contributed by atoms with Crippen molar-refractivity contribution in [2.75, 3.05) is 18.5 Å². The van der Waals surface area contributed by atoms with Crippen LogP contribution < -0.4 is 10.1 Å². The number of halogens is 1. The summed E-state index contributed by atoms with van der Waals surface area (Å²) in [5.74, 6) is 0.806. The predicted molar refractivity (Wildman–Crippen MR) is 101 cm³/mol. The fourth-order valence-electron chi connectivity index (χ4n) is 2.75. The first kappa shape index (κ1) is 17.0. The van der Waals surface area contributed by atoms with E-state index in [0.29, 0.717) is 17.3 Å². The van der Waals surface area contributed by atoms with E-state index in [4.69, 9.17) is 9.84 Å². The number of benzene rings is 2. The third-order valence-corrected chi connectivity index (χ3v) is 3.95. The zero-order chi connectivity index (χ0) is 18.6. The standard InChI is InChI=1S/C20H17FN4O2/c21-15-4-1-3-14(13-15)18-5-2-6-19-23-20(24-25(18)19)22-16-7-9-17(10-8-16)27-12-11-26/h1-10,13,26H,11-12H2,(H,22,24). The van der Waals surface area contributed by atoms with Gasteiger partial charge in [-0.1, -0.05) is 18.2 Å². The average molecular weight is 364 g/mol. The molecule has 27 heavy (non-hydrogen) atoms. The average Bonchev–Trinajstić information content (AvgIpc) is 3.10. The highest BCUT2D eigenvalue weighted by Gasteiger charge is 2.09. The maximum Gasteiger partial charge on any atom is 0.247 e. The topological polar surface area (TPSA) is 71.7 Å². The van der Waals surface area contributed by atoms with E-state index in [1.54, 1.807) is 22.7 Å². The van der Waals surface area contributed by atoms with Crippen LogP contribution in [0.3, 0.4) is 0 Å². The summed E-state index contributed by atoms with van der Waals surface area (Å²) in [5, 5.41) is 16.4. The Kier molecular flexibility index (Phi) is 4.67. The van der Waals surface area contributed by atoms with Gasteiger partial charge in [0.05, 0.1) is 12.3 Å². The van der Waals surface area contributed by atoms with Gasteiger partial charge in [0.1, 0.15) is 18.2 Å². The highest BCUT2D eigenvalue weighted by Crippen LogP contribution is 2.23. The van der Waals surface area contributed by atoms with Crippen LogP contribution in [-0.2, 0) is 0 Å². The van der Waals surface area contributed by atoms with Gasteiger partial charge in [-0.05, 0) is 48.5 Å². The van der Waals surface area contributed by atoms with Crippen molar-refractivity contribution in [1.29, 1.82) is 0 Å². The lowest BCUT2D eigenvalue weighted by Gasteiger charge is -2.06. The first-order valence-electron chi connectivity index (χ1n) is 8.45.